The fourth-order valence-corrected chi connectivity index (χ4v) is 2.64. The Morgan fingerprint density at radius 2 is 1.88 bits per heavy atom. The largest absolute Gasteiger partial charge is 0.478 e. The summed E-state index contributed by atoms with van der Waals surface area (Å²) >= 11 is 6.12. The first kappa shape index (κ1) is 16.0. The number of para-hydroxylation sites is 1. The summed E-state index contributed by atoms with van der Waals surface area (Å²) in [5.41, 5.74) is 3.58. The minimum Gasteiger partial charge on any atom is -0.478 e. The minimum absolute atomic E-state index is 0.154. The van der Waals surface area contributed by atoms with Crippen LogP contribution in [0.2, 0.25) is 5.02 Å². The molecule has 0 radical (unpaired) electrons. The molecule has 0 unspecified atom stereocenters. The Morgan fingerprint density at radius 3 is 2.58 bits per heavy atom. The molecule has 0 aliphatic carbocycles. The molecule has 1 heterocycles. The normalized spacial score (nSPS) is 11.1. The zero-order chi connectivity index (χ0) is 17.1. The zero-order valence-corrected chi connectivity index (χ0v) is 13.7. The van der Waals surface area contributed by atoms with E-state index in [4.69, 9.17) is 16.7 Å². The van der Waals surface area contributed by atoms with E-state index < -0.39 is 5.97 Å². The third-order valence-electron chi connectivity index (χ3n) is 3.65. The standard InChI is InChI=1S/C19H15ClN2O2/c1-13-7-9-16(22(13)15-5-3-2-4-6-15)12-21-18-11-14(19(23)24)8-10-17(18)20/h2-12H,1H3,(H,23,24). The lowest BCUT2D eigenvalue weighted by molar-refractivity contribution is 0.0697. The van der Waals surface area contributed by atoms with E-state index in [9.17, 15) is 4.79 Å². The lowest BCUT2D eigenvalue weighted by Gasteiger charge is -2.09. The van der Waals surface area contributed by atoms with Gasteiger partial charge in [0, 0.05) is 11.4 Å². The van der Waals surface area contributed by atoms with Crippen LogP contribution in [0.4, 0.5) is 5.69 Å². The van der Waals surface area contributed by atoms with Gasteiger partial charge in [-0.3, -0.25) is 4.99 Å². The van der Waals surface area contributed by atoms with Crippen LogP contribution in [0.25, 0.3) is 5.69 Å². The Kier molecular flexibility index (Phi) is 4.49. The Morgan fingerprint density at radius 1 is 1.12 bits per heavy atom. The zero-order valence-electron chi connectivity index (χ0n) is 13.0. The SMILES string of the molecule is Cc1ccc(C=Nc2cc(C(=O)O)ccc2Cl)n1-c1ccccc1. The highest BCUT2D eigenvalue weighted by Crippen LogP contribution is 2.26. The van der Waals surface area contributed by atoms with Gasteiger partial charge in [-0.05, 0) is 49.4 Å². The molecule has 2 aromatic carbocycles. The van der Waals surface area contributed by atoms with Crippen molar-refractivity contribution in [1.82, 2.24) is 4.57 Å². The van der Waals surface area contributed by atoms with Crippen LogP contribution in [0.15, 0.2) is 65.7 Å². The number of benzene rings is 2. The number of nitrogens with zero attached hydrogens (tertiary/aromatic N) is 2. The molecule has 3 aromatic rings. The maximum atomic E-state index is 11.1. The number of aryl methyl sites for hydroxylation is 1. The molecule has 120 valence electrons. The number of hydrogen-bond acceptors (Lipinski definition) is 2. The molecule has 0 saturated carbocycles. The Balaban J connectivity index is 2.00. The number of halogens is 1. The van der Waals surface area contributed by atoms with E-state index in [-0.39, 0.29) is 5.56 Å². The highest BCUT2D eigenvalue weighted by Gasteiger charge is 2.08. The lowest BCUT2D eigenvalue weighted by Crippen LogP contribution is -2.01. The molecule has 0 aliphatic rings. The Bertz CT molecular complexity index is 914. The first-order valence-electron chi connectivity index (χ1n) is 7.37. The molecule has 0 bridgehead atoms. The molecule has 0 amide bonds. The predicted octanol–water partition coefficient (Wildman–Crippen LogP) is 4.89. The summed E-state index contributed by atoms with van der Waals surface area (Å²) < 4.78 is 2.07. The third-order valence-corrected chi connectivity index (χ3v) is 3.97. The van der Waals surface area contributed by atoms with E-state index in [1.54, 1.807) is 12.3 Å². The first-order valence-corrected chi connectivity index (χ1v) is 7.75. The second-order valence-electron chi connectivity index (χ2n) is 5.30. The van der Waals surface area contributed by atoms with Crippen LogP contribution in [0.3, 0.4) is 0 Å². The van der Waals surface area contributed by atoms with Crippen LogP contribution in [-0.4, -0.2) is 21.9 Å². The molecule has 4 nitrogen and oxygen atoms in total. The van der Waals surface area contributed by atoms with Crippen molar-refractivity contribution in [2.24, 2.45) is 4.99 Å². The number of carboxylic acids is 1. The van der Waals surface area contributed by atoms with Crippen LogP contribution < -0.4 is 0 Å². The van der Waals surface area contributed by atoms with Gasteiger partial charge < -0.3 is 9.67 Å². The van der Waals surface area contributed by atoms with Crippen molar-refractivity contribution >= 4 is 29.5 Å². The number of carboxylic acid groups (broad SMARTS) is 1. The highest BCUT2D eigenvalue weighted by atomic mass is 35.5. The molecule has 3 rings (SSSR count). The van der Waals surface area contributed by atoms with Crippen LogP contribution in [0.1, 0.15) is 21.7 Å². The van der Waals surface area contributed by atoms with Gasteiger partial charge in [0.1, 0.15) is 0 Å². The first-order chi connectivity index (χ1) is 11.6. The molecule has 24 heavy (non-hydrogen) atoms. The van der Waals surface area contributed by atoms with E-state index in [1.165, 1.54) is 12.1 Å². The van der Waals surface area contributed by atoms with Crippen molar-refractivity contribution in [2.45, 2.75) is 6.92 Å². The summed E-state index contributed by atoms with van der Waals surface area (Å²) in [4.78, 5) is 15.5. The maximum Gasteiger partial charge on any atom is 0.335 e. The van der Waals surface area contributed by atoms with E-state index in [1.807, 2.05) is 49.4 Å². The molecule has 0 saturated heterocycles. The smallest absolute Gasteiger partial charge is 0.335 e. The summed E-state index contributed by atoms with van der Waals surface area (Å²) in [5, 5.41) is 9.49. The van der Waals surface area contributed by atoms with Crippen molar-refractivity contribution in [1.29, 1.82) is 0 Å². The van der Waals surface area contributed by atoms with Crippen molar-refractivity contribution in [3.05, 3.63) is 82.6 Å². The lowest BCUT2D eigenvalue weighted by atomic mass is 10.2. The molecule has 0 aliphatic heterocycles. The number of rotatable bonds is 4. The molecule has 1 N–H and O–H groups in total. The van der Waals surface area contributed by atoms with Crippen molar-refractivity contribution in [3.63, 3.8) is 0 Å². The van der Waals surface area contributed by atoms with E-state index >= 15 is 0 Å². The van der Waals surface area contributed by atoms with Gasteiger partial charge in [0.05, 0.1) is 28.2 Å². The van der Waals surface area contributed by atoms with Gasteiger partial charge in [0.2, 0.25) is 0 Å². The Hall–Kier alpha value is -2.85. The Labute approximate surface area is 144 Å². The monoisotopic (exact) mass is 338 g/mol. The van der Waals surface area contributed by atoms with E-state index in [0.717, 1.165) is 17.1 Å². The molecule has 0 spiro atoms. The molecule has 0 atom stereocenters. The summed E-state index contributed by atoms with van der Waals surface area (Å²) in [6, 6.07) is 18.4. The molecular formula is C19H15ClN2O2. The maximum absolute atomic E-state index is 11.1. The second-order valence-corrected chi connectivity index (χ2v) is 5.71. The van der Waals surface area contributed by atoms with E-state index in [2.05, 4.69) is 9.56 Å². The van der Waals surface area contributed by atoms with Crippen molar-refractivity contribution in [3.8, 4) is 5.69 Å². The van der Waals surface area contributed by atoms with Gasteiger partial charge in [-0.15, -0.1) is 0 Å². The van der Waals surface area contributed by atoms with Gasteiger partial charge in [0.25, 0.3) is 0 Å². The quantitative estimate of drug-likeness (QED) is 0.689. The summed E-state index contributed by atoms with van der Waals surface area (Å²) in [7, 11) is 0. The minimum atomic E-state index is -1.01. The van der Waals surface area contributed by atoms with Crippen molar-refractivity contribution < 1.29 is 9.90 Å². The predicted molar refractivity (Wildman–Crippen MR) is 96.2 cm³/mol. The fourth-order valence-electron chi connectivity index (χ4n) is 2.47. The summed E-state index contributed by atoms with van der Waals surface area (Å²) in [5.74, 6) is -1.01. The van der Waals surface area contributed by atoms with Crippen LogP contribution in [0, 0.1) is 6.92 Å². The number of hydrogen-bond donors (Lipinski definition) is 1. The van der Waals surface area contributed by atoms with Crippen LogP contribution >= 0.6 is 11.6 Å². The topological polar surface area (TPSA) is 54.6 Å². The number of aromatic carboxylic acids is 1. The summed E-state index contributed by atoms with van der Waals surface area (Å²) in [6.07, 6.45) is 1.69. The molecular weight excluding hydrogens is 324 g/mol. The molecule has 0 fully saturated rings. The summed E-state index contributed by atoms with van der Waals surface area (Å²) in [6.45, 7) is 2.02. The van der Waals surface area contributed by atoms with Gasteiger partial charge in [-0.2, -0.15) is 0 Å². The van der Waals surface area contributed by atoms with Gasteiger partial charge >= 0.3 is 5.97 Å². The van der Waals surface area contributed by atoms with Crippen molar-refractivity contribution in [2.75, 3.05) is 0 Å². The van der Waals surface area contributed by atoms with Gasteiger partial charge in [-0.25, -0.2) is 4.79 Å². The van der Waals surface area contributed by atoms with Gasteiger partial charge in [0.15, 0.2) is 0 Å². The molecule has 5 heteroatoms. The average molecular weight is 339 g/mol. The second kappa shape index (κ2) is 6.72. The average Bonchev–Trinajstić information content (AvgIpc) is 2.95. The van der Waals surface area contributed by atoms with Crippen LogP contribution in [0.5, 0.6) is 0 Å². The highest BCUT2D eigenvalue weighted by molar-refractivity contribution is 6.33. The fraction of sp³-hybridized carbons (Fsp3) is 0.0526. The number of aliphatic imine (C=N–C) groups is 1. The van der Waals surface area contributed by atoms with Crippen LogP contribution in [-0.2, 0) is 0 Å². The van der Waals surface area contributed by atoms with Gasteiger partial charge in [-0.1, -0.05) is 29.8 Å². The molecule has 1 aromatic heterocycles. The number of aromatic nitrogens is 1. The third kappa shape index (κ3) is 3.24. The van der Waals surface area contributed by atoms with E-state index in [0.29, 0.717) is 10.7 Å². The number of carbonyl (C=O) groups is 1.